The van der Waals surface area contributed by atoms with Crippen molar-refractivity contribution in [2.75, 3.05) is 45.2 Å². The molecule has 1 aromatic heterocycles. The first-order valence-corrected chi connectivity index (χ1v) is 9.42. The monoisotopic (exact) mass is 346 g/mol. The average molecular weight is 346 g/mol. The molecule has 2 fully saturated rings. The van der Waals surface area contributed by atoms with Crippen LogP contribution in [-0.4, -0.2) is 73.1 Å². The smallest absolute Gasteiger partial charge is 0.240 e. The number of ether oxygens (including phenoxy) is 1. The fourth-order valence-corrected chi connectivity index (χ4v) is 3.82. The molecule has 0 aliphatic carbocycles. The highest BCUT2D eigenvalue weighted by Gasteiger charge is 2.32. The molecule has 2 aliphatic heterocycles. The number of aromatic nitrogens is 1. The first-order chi connectivity index (χ1) is 12.1. The van der Waals surface area contributed by atoms with Gasteiger partial charge in [-0.25, -0.2) is 4.98 Å². The summed E-state index contributed by atoms with van der Waals surface area (Å²) in [7, 11) is 3.93. The molecular weight excluding hydrogens is 316 g/mol. The van der Waals surface area contributed by atoms with Crippen LogP contribution in [0.3, 0.4) is 0 Å². The van der Waals surface area contributed by atoms with Gasteiger partial charge in [-0.15, -0.1) is 0 Å². The molecule has 3 rings (SSSR count). The Bertz CT molecular complexity index is 587. The van der Waals surface area contributed by atoms with Crippen molar-refractivity contribution >= 4 is 11.7 Å². The summed E-state index contributed by atoms with van der Waals surface area (Å²) < 4.78 is 6.26. The number of amides is 1. The highest BCUT2D eigenvalue weighted by Crippen LogP contribution is 2.30. The van der Waals surface area contributed by atoms with Crippen LogP contribution in [0, 0.1) is 0 Å². The third-order valence-electron chi connectivity index (χ3n) is 5.20. The van der Waals surface area contributed by atoms with E-state index in [4.69, 9.17) is 4.74 Å². The van der Waals surface area contributed by atoms with Crippen LogP contribution >= 0.6 is 0 Å². The largest absolute Gasteiger partial charge is 0.485 e. The van der Waals surface area contributed by atoms with Crippen molar-refractivity contribution in [3.8, 4) is 5.75 Å². The van der Waals surface area contributed by atoms with Crippen LogP contribution < -0.4 is 9.64 Å². The second-order valence-electron chi connectivity index (χ2n) is 7.22. The van der Waals surface area contributed by atoms with Crippen molar-refractivity contribution in [2.45, 2.75) is 44.8 Å². The Kier molecular flexibility index (Phi) is 5.78. The Morgan fingerprint density at radius 1 is 1.36 bits per heavy atom. The first kappa shape index (κ1) is 18.0. The normalized spacial score (nSPS) is 21.8. The number of carbonyl (C=O) groups is 1. The summed E-state index contributed by atoms with van der Waals surface area (Å²) in [4.78, 5) is 23.5. The van der Waals surface area contributed by atoms with Crippen LogP contribution in [0.25, 0.3) is 0 Å². The molecule has 138 valence electrons. The van der Waals surface area contributed by atoms with Crippen molar-refractivity contribution < 1.29 is 9.53 Å². The van der Waals surface area contributed by atoms with Crippen LogP contribution in [0.2, 0.25) is 0 Å². The predicted molar refractivity (Wildman–Crippen MR) is 99.1 cm³/mol. The molecule has 2 atom stereocenters. The van der Waals surface area contributed by atoms with E-state index in [9.17, 15) is 4.79 Å². The van der Waals surface area contributed by atoms with Gasteiger partial charge in [-0.05, 0) is 45.5 Å². The number of pyridine rings is 1. The lowest BCUT2D eigenvalue weighted by atomic mass is 10.2. The van der Waals surface area contributed by atoms with E-state index in [1.54, 1.807) is 0 Å². The molecule has 0 bridgehead atoms. The molecule has 2 unspecified atom stereocenters. The van der Waals surface area contributed by atoms with Crippen LogP contribution in [0.5, 0.6) is 5.75 Å². The van der Waals surface area contributed by atoms with E-state index in [0.717, 1.165) is 44.0 Å². The molecule has 1 amide bonds. The lowest BCUT2D eigenvalue weighted by Gasteiger charge is -2.27. The summed E-state index contributed by atoms with van der Waals surface area (Å²) in [6, 6.07) is 3.88. The zero-order valence-electron chi connectivity index (χ0n) is 15.6. The SMILES string of the molecule is CCC(C(=O)N1CCC(Oc2cccnc2N2CCCC2)C1)N(C)C. The summed E-state index contributed by atoms with van der Waals surface area (Å²) in [6.07, 6.45) is 6.01. The van der Waals surface area contributed by atoms with Gasteiger partial charge in [0.25, 0.3) is 0 Å². The number of likely N-dealkylation sites (tertiary alicyclic amines) is 1. The van der Waals surface area contributed by atoms with Gasteiger partial charge in [0, 0.05) is 32.3 Å². The van der Waals surface area contributed by atoms with Gasteiger partial charge in [-0.1, -0.05) is 6.92 Å². The van der Waals surface area contributed by atoms with E-state index in [-0.39, 0.29) is 18.1 Å². The molecule has 0 radical (unpaired) electrons. The summed E-state index contributed by atoms with van der Waals surface area (Å²) >= 11 is 0. The molecule has 2 aliphatic rings. The lowest BCUT2D eigenvalue weighted by Crippen LogP contribution is -2.45. The maximum absolute atomic E-state index is 12.7. The lowest BCUT2D eigenvalue weighted by molar-refractivity contribution is -0.135. The van der Waals surface area contributed by atoms with E-state index < -0.39 is 0 Å². The molecule has 3 heterocycles. The van der Waals surface area contributed by atoms with Gasteiger partial charge in [0.2, 0.25) is 5.91 Å². The molecule has 2 saturated heterocycles. The third-order valence-corrected chi connectivity index (χ3v) is 5.20. The molecule has 6 nitrogen and oxygen atoms in total. The minimum atomic E-state index is -0.0442. The third kappa shape index (κ3) is 4.06. The highest BCUT2D eigenvalue weighted by atomic mass is 16.5. The molecule has 0 aromatic carbocycles. The number of carbonyl (C=O) groups excluding carboxylic acids is 1. The highest BCUT2D eigenvalue weighted by molar-refractivity contribution is 5.82. The molecule has 0 saturated carbocycles. The van der Waals surface area contributed by atoms with Crippen molar-refractivity contribution in [2.24, 2.45) is 0 Å². The average Bonchev–Trinajstić information content (AvgIpc) is 3.27. The predicted octanol–water partition coefficient (Wildman–Crippen LogP) is 2.00. The minimum absolute atomic E-state index is 0.0442. The summed E-state index contributed by atoms with van der Waals surface area (Å²) in [5.74, 6) is 2.01. The van der Waals surface area contributed by atoms with Gasteiger partial charge in [0.05, 0.1) is 12.6 Å². The Morgan fingerprint density at radius 2 is 2.12 bits per heavy atom. The Hall–Kier alpha value is -1.82. The van der Waals surface area contributed by atoms with Gasteiger partial charge in [-0.2, -0.15) is 0 Å². The number of likely N-dealkylation sites (N-methyl/N-ethyl adjacent to an activating group) is 1. The number of nitrogens with zero attached hydrogens (tertiary/aromatic N) is 4. The van der Waals surface area contributed by atoms with Crippen LogP contribution in [-0.2, 0) is 4.79 Å². The number of hydrogen-bond donors (Lipinski definition) is 0. The maximum Gasteiger partial charge on any atom is 0.240 e. The molecule has 0 N–H and O–H groups in total. The van der Waals surface area contributed by atoms with E-state index in [1.807, 2.05) is 42.2 Å². The van der Waals surface area contributed by atoms with Gasteiger partial charge in [0.1, 0.15) is 6.10 Å². The quantitative estimate of drug-likeness (QED) is 0.788. The van der Waals surface area contributed by atoms with Gasteiger partial charge in [-0.3, -0.25) is 9.69 Å². The summed E-state index contributed by atoms with van der Waals surface area (Å²) in [5.41, 5.74) is 0. The Morgan fingerprint density at radius 3 is 2.80 bits per heavy atom. The number of anilines is 1. The molecular formula is C19H30N4O2. The van der Waals surface area contributed by atoms with Crippen molar-refractivity contribution in [1.82, 2.24) is 14.8 Å². The van der Waals surface area contributed by atoms with Crippen LogP contribution in [0.4, 0.5) is 5.82 Å². The molecule has 6 heteroatoms. The second-order valence-corrected chi connectivity index (χ2v) is 7.22. The molecule has 25 heavy (non-hydrogen) atoms. The van der Waals surface area contributed by atoms with Crippen molar-refractivity contribution in [1.29, 1.82) is 0 Å². The summed E-state index contributed by atoms with van der Waals surface area (Å²) in [5, 5.41) is 0. The second kappa shape index (κ2) is 8.04. The maximum atomic E-state index is 12.7. The fourth-order valence-electron chi connectivity index (χ4n) is 3.82. The Balaban J connectivity index is 1.63. The first-order valence-electron chi connectivity index (χ1n) is 9.42. The number of rotatable bonds is 6. The van der Waals surface area contributed by atoms with E-state index in [1.165, 1.54) is 12.8 Å². The fraction of sp³-hybridized carbons (Fsp3) is 0.684. The van der Waals surface area contributed by atoms with Crippen LogP contribution in [0.15, 0.2) is 18.3 Å². The van der Waals surface area contributed by atoms with E-state index in [2.05, 4.69) is 16.8 Å². The molecule has 0 spiro atoms. The van der Waals surface area contributed by atoms with Gasteiger partial charge >= 0.3 is 0 Å². The van der Waals surface area contributed by atoms with Gasteiger partial charge < -0.3 is 14.5 Å². The zero-order valence-corrected chi connectivity index (χ0v) is 15.6. The summed E-state index contributed by atoms with van der Waals surface area (Å²) in [6.45, 7) is 5.59. The van der Waals surface area contributed by atoms with Crippen molar-refractivity contribution in [3.05, 3.63) is 18.3 Å². The Labute approximate surface area is 150 Å². The van der Waals surface area contributed by atoms with Crippen LogP contribution in [0.1, 0.15) is 32.6 Å². The number of hydrogen-bond acceptors (Lipinski definition) is 5. The molecule has 1 aromatic rings. The van der Waals surface area contributed by atoms with E-state index >= 15 is 0 Å². The van der Waals surface area contributed by atoms with Gasteiger partial charge in [0.15, 0.2) is 11.6 Å². The zero-order chi connectivity index (χ0) is 17.8. The minimum Gasteiger partial charge on any atom is -0.485 e. The van der Waals surface area contributed by atoms with E-state index in [0.29, 0.717) is 6.54 Å². The van der Waals surface area contributed by atoms with Crippen molar-refractivity contribution in [3.63, 3.8) is 0 Å². The topological polar surface area (TPSA) is 48.9 Å². The standard InChI is InChI=1S/C19H30N4O2/c1-4-16(21(2)3)19(24)23-13-9-15(14-23)25-17-8-7-10-20-18(17)22-11-5-6-12-22/h7-8,10,15-16H,4-6,9,11-14H2,1-3H3.